The summed E-state index contributed by atoms with van der Waals surface area (Å²) in [5, 5.41) is 0.361. The van der Waals surface area contributed by atoms with Gasteiger partial charge < -0.3 is 14.4 Å². The molecule has 0 saturated carbocycles. The Bertz CT molecular complexity index is 907. The van der Waals surface area contributed by atoms with E-state index in [0.29, 0.717) is 29.5 Å². The molecule has 0 unspecified atom stereocenters. The van der Waals surface area contributed by atoms with Crippen LogP contribution >= 0.6 is 11.6 Å². The molecule has 2 aromatic rings. The van der Waals surface area contributed by atoms with E-state index in [1.54, 1.807) is 30.0 Å². The molecule has 1 heterocycles. The van der Waals surface area contributed by atoms with E-state index in [-0.39, 0.29) is 12.5 Å². The molecule has 0 saturated heterocycles. The molecule has 0 atom stereocenters. The Kier molecular flexibility index (Phi) is 5.81. The number of nitrogens with zero attached hydrogens (tertiary/aromatic N) is 1. The van der Waals surface area contributed by atoms with Crippen molar-refractivity contribution in [3.05, 3.63) is 58.6 Å². The monoisotopic (exact) mass is 385 g/mol. The molecule has 1 aliphatic heterocycles. The molecule has 0 fully saturated rings. The van der Waals surface area contributed by atoms with Gasteiger partial charge in [0.05, 0.1) is 17.3 Å². The minimum Gasteiger partial charge on any atom is -0.480 e. The largest absolute Gasteiger partial charge is 0.480 e. The number of esters is 1. The lowest BCUT2D eigenvalue weighted by molar-refractivity contribution is -0.145. The van der Waals surface area contributed by atoms with Crippen LogP contribution in [0.15, 0.2) is 42.5 Å². The zero-order valence-corrected chi connectivity index (χ0v) is 16.0. The van der Waals surface area contributed by atoms with Crippen molar-refractivity contribution >= 4 is 40.8 Å². The number of ether oxygens (including phenoxy) is 2. The fourth-order valence-electron chi connectivity index (χ4n) is 2.99. The topological polar surface area (TPSA) is 55.8 Å². The Morgan fingerprint density at radius 3 is 2.67 bits per heavy atom. The van der Waals surface area contributed by atoms with Gasteiger partial charge in [-0.2, -0.15) is 0 Å². The van der Waals surface area contributed by atoms with Gasteiger partial charge in [0.15, 0.2) is 6.61 Å². The van der Waals surface area contributed by atoms with Crippen LogP contribution in [-0.2, 0) is 14.3 Å². The predicted molar refractivity (Wildman–Crippen MR) is 106 cm³/mol. The molecule has 0 aliphatic carbocycles. The molecule has 5 nitrogen and oxygen atoms in total. The number of fused-ring (bicyclic) bond motifs is 1. The lowest BCUT2D eigenvalue weighted by atomic mass is 10.0. The number of rotatable bonds is 6. The highest BCUT2D eigenvalue weighted by atomic mass is 35.5. The number of likely N-dealkylation sites (N-methyl/N-ethyl adjacent to an activating group) is 1. The second-order valence-corrected chi connectivity index (χ2v) is 6.32. The second-order valence-electron chi connectivity index (χ2n) is 5.91. The molecule has 0 spiro atoms. The van der Waals surface area contributed by atoms with E-state index in [2.05, 4.69) is 0 Å². The molecule has 27 heavy (non-hydrogen) atoms. The van der Waals surface area contributed by atoms with Crippen molar-refractivity contribution in [1.82, 2.24) is 0 Å². The molecule has 1 aliphatic rings. The van der Waals surface area contributed by atoms with Crippen LogP contribution in [-0.4, -0.2) is 31.6 Å². The molecule has 1 amide bonds. The van der Waals surface area contributed by atoms with Gasteiger partial charge in [-0.1, -0.05) is 35.9 Å². The van der Waals surface area contributed by atoms with Gasteiger partial charge in [-0.05, 0) is 43.7 Å². The molecule has 0 radical (unpaired) electrons. The minimum absolute atomic E-state index is 0.0301. The first kappa shape index (κ1) is 19.0. The first-order valence-electron chi connectivity index (χ1n) is 8.76. The molecule has 0 N–H and O–H groups in total. The number of hydrogen-bond acceptors (Lipinski definition) is 4. The van der Waals surface area contributed by atoms with E-state index in [1.807, 2.05) is 37.3 Å². The highest BCUT2D eigenvalue weighted by Gasteiger charge is 2.30. The molecule has 6 heteroatoms. The summed E-state index contributed by atoms with van der Waals surface area (Å²) in [4.78, 5) is 25.9. The number of halogens is 1. The summed E-state index contributed by atoms with van der Waals surface area (Å²) in [6.07, 6.45) is 1.82. The molecule has 140 valence electrons. The van der Waals surface area contributed by atoms with Crippen LogP contribution in [0.2, 0.25) is 5.02 Å². The summed E-state index contributed by atoms with van der Waals surface area (Å²) < 4.78 is 10.2. The van der Waals surface area contributed by atoms with Gasteiger partial charge in [0.25, 0.3) is 5.91 Å². The Hall–Kier alpha value is -2.79. The number of hydrogen-bond donors (Lipinski definition) is 0. The highest BCUT2D eigenvalue weighted by molar-refractivity contribution is 6.36. The third-order valence-electron chi connectivity index (χ3n) is 4.19. The van der Waals surface area contributed by atoms with Crippen LogP contribution in [0.25, 0.3) is 11.6 Å². The van der Waals surface area contributed by atoms with E-state index >= 15 is 0 Å². The first-order valence-corrected chi connectivity index (χ1v) is 9.13. The van der Waals surface area contributed by atoms with E-state index < -0.39 is 5.97 Å². The highest BCUT2D eigenvalue weighted by Crippen LogP contribution is 2.38. The van der Waals surface area contributed by atoms with Crippen LogP contribution in [0.5, 0.6) is 5.75 Å². The summed E-state index contributed by atoms with van der Waals surface area (Å²) in [5.74, 6) is -0.0924. The quantitative estimate of drug-likeness (QED) is 0.552. The van der Waals surface area contributed by atoms with Crippen molar-refractivity contribution in [3.8, 4) is 5.75 Å². The van der Waals surface area contributed by atoms with Gasteiger partial charge in [0, 0.05) is 17.7 Å². The van der Waals surface area contributed by atoms with E-state index in [1.165, 1.54) is 0 Å². The standard InChI is InChI=1S/C21H20ClNO4/c1-3-23-18-8-6-5-7-15(18)16(21(23)25)11-14-9-10-19(17(22)12-14)27-13-20(24)26-4-2/h5-12H,3-4,13H2,1-2H3/b16-11-. The smallest absolute Gasteiger partial charge is 0.344 e. The Morgan fingerprint density at radius 1 is 1.19 bits per heavy atom. The molecular formula is C21H20ClNO4. The summed E-state index contributed by atoms with van der Waals surface area (Å²) >= 11 is 6.27. The number of amides is 1. The van der Waals surface area contributed by atoms with Gasteiger partial charge in [-0.25, -0.2) is 4.79 Å². The van der Waals surface area contributed by atoms with E-state index in [0.717, 1.165) is 16.8 Å². The first-order chi connectivity index (χ1) is 13.0. The normalized spacial score (nSPS) is 14.4. The molecule has 0 aromatic heterocycles. The van der Waals surface area contributed by atoms with Crippen molar-refractivity contribution in [2.24, 2.45) is 0 Å². The Labute approximate surface area is 163 Å². The maximum Gasteiger partial charge on any atom is 0.344 e. The fourth-order valence-corrected chi connectivity index (χ4v) is 3.23. The van der Waals surface area contributed by atoms with Gasteiger partial charge in [0.1, 0.15) is 5.75 Å². The molecule has 2 aromatic carbocycles. The van der Waals surface area contributed by atoms with Gasteiger partial charge >= 0.3 is 5.97 Å². The molecular weight excluding hydrogens is 366 g/mol. The number of carbonyl (C=O) groups is 2. The second kappa shape index (κ2) is 8.27. The van der Waals surface area contributed by atoms with Gasteiger partial charge in [-0.3, -0.25) is 4.79 Å². The summed E-state index contributed by atoms with van der Waals surface area (Å²) in [6.45, 7) is 4.38. The Balaban J connectivity index is 1.84. The maximum absolute atomic E-state index is 12.7. The number of benzene rings is 2. The summed E-state index contributed by atoms with van der Waals surface area (Å²) in [5.41, 5.74) is 3.23. The molecule has 3 rings (SSSR count). The van der Waals surface area contributed by atoms with Crippen molar-refractivity contribution in [2.75, 3.05) is 24.7 Å². The van der Waals surface area contributed by atoms with Crippen molar-refractivity contribution < 1.29 is 19.1 Å². The SMILES string of the molecule is CCOC(=O)COc1ccc(/C=C2\C(=O)N(CC)c3ccccc32)cc1Cl. The predicted octanol–water partition coefficient (Wildman–Crippen LogP) is 4.19. The van der Waals surface area contributed by atoms with Crippen molar-refractivity contribution in [2.45, 2.75) is 13.8 Å². The van der Waals surface area contributed by atoms with E-state index in [4.69, 9.17) is 21.1 Å². The van der Waals surface area contributed by atoms with Gasteiger partial charge in [0.2, 0.25) is 0 Å². The lowest BCUT2D eigenvalue weighted by Gasteiger charge is -2.13. The van der Waals surface area contributed by atoms with Crippen LogP contribution < -0.4 is 9.64 Å². The third-order valence-corrected chi connectivity index (χ3v) is 4.49. The average Bonchev–Trinajstić information content (AvgIpc) is 2.92. The van der Waals surface area contributed by atoms with Crippen LogP contribution in [0, 0.1) is 0 Å². The lowest BCUT2D eigenvalue weighted by Crippen LogP contribution is -2.25. The number of anilines is 1. The van der Waals surface area contributed by atoms with Crippen LogP contribution in [0.3, 0.4) is 0 Å². The zero-order chi connectivity index (χ0) is 19.4. The average molecular weight is 386 g/mol. The maximum atomic E-state index is 12.7. The Morgan fingerprint density at radius 2 is 1.96 bits per heavy atom. The van der Waals surface area contributed by atoms with E-state index in [9.17, 15) is 9.59 Å². The molecule has 0 bridgehead atoms. The van der Waals surface area contributed by atoms with Crippen LogP contribution in [0.4, 0.5) is 5.69 Å². The van der Waals surface area contributed by atoms with Crippen molar-refractivity contribution in [3.63, 3.8) is 0 Å². The number of para-hydroxylation sites is 1. The number of carbonyl (C=O) groups excluding carboxylic acids is 2. The minimum atomic E-state index is -0.451. The fraction of sp³-hybridized carbons (Fsp3) is 0.238. The zero-order valence-electron chi connectivity index (χ0n) is 15.2. The summed E-state index contributed by atoms with van der Waals surface area (Å²) in [6, 6.07) is 12.9. The third kappa shape index (κ3) is 3.98. The summed E-state index contributed by atoms with van der Waals surface area (Å²) in [7, 11) is 0. The van der Waals surface area contributed by atoms with Crippen LogP contribution in [0.1, 0.15) is 25.0 Å². The van der Waals surface area contributed by atoms with Crippen molar-refractivity contribution in [1.29, 1.82) is 0 Å². The van der Waals surface area contributed by atoms with Gasteiger partial charge in [-0.15, -0.1) is 0 Å².